The van der Waals surface area contributed by atoms with Crippen molar-refractivity contribution in [2.45, 2.75) is 235 Å². The zero-order chi connectivity index (χ0) is 55.6. The van der Waals surface area contributed by atoms with E-state index >= 15 is 0 Å². The van der Waals surface area contributed by atoms with Crippen LogP contribution in [0, 0.1) is 50.2 Å². The molecule has 0 aromatic rings. The smallest absolute Gasteiger partial charge is 0.335 e. The number of rotatable bonds is 11. The van der Waals surface area contributed by atoms with Gasteiger partial charge in [-0.05, 0) is 109 Å². The van der Waals surface area contributed by atoms with E-state index in [2.05, 4.69) is 54.5 Å². The predicted molar refractivity (Wildman–Crippen MR) is 257 cm³/mol. The summed E-state index contributed by atoms with van der Waals surface area (Å²) < 4.78 is 47.7. The van der Waals surface area contributed by atoms with E-state index in [1.54, 1.807) is 0 Å². The molecule has 0 aromatic carbocycles. The Labute approximate surface area is 442 Å². The second-order valence-corrected chi connectivity index (χ2v) is 25.9. The van der Waals surface area contributed by atoms with Gasteiger partial charge in [0, 0.05) is 0 Å². The van der Waals surface area contributed by atoms with Gasteiger partial charge in [0.25, 0.3) is 0 Å². The molecule has 23 heteroatoms. The minimum Gasteiger partial charge on any atom is -0.479 e. The summed E-state index contributed by atoms with van der Waals surface area (Å²) in [6.07, 6.45) is -24.7. The Morgan fingerprint density at radius 3 is 1.83 bits per heavy atom. The lowest BCUT2D eigenvalue weighted by molar-refractivity contribution is -0.392. The van der Waals surface area contributed by atoms with E-state index in [9.17, 15) is 76.0 Å². The second-order valence-electron chi connectivity index (χ2n) is 25.9. The first kappa shape index (κ1) is 58.6. The Hall–Kier alpha value is -2.08. The molecule has 4 aliphatic heterocycles. The highest BCUT2D eigenvalue weighted by Gasteiger charge is 2.70. The molecule has 4 saturated carbocycles. The topological polar surface area (TPSA) is 371 Å². The van der Waals surface area contributed by atoms with Crippen LogP contribution in [0.2, 0.25) is 0 Å². The van der Waals surface area contributed by atoms with Crippen molar-refractivity contribution in [3.8, 4) is 0 Å². The number of ether oxygens (including phenoxy) is 8. The van der Waals surface area contributed by atoms with Gasteiger partial charge in [-0.15, -0.1) is 0 Å². The molecule has 0 bridgehead atoms. The van der Waals surface area contributed by atoms with Gasteiger partial charge < -0.3 is 104 Å². The van der Waals surface area contributed by atoms with Gasteiger partial charge in [0.2, 0.25) is 6.29 Å². The lowest BCUT2D eigenvalue weighted by Gasteiger charge is -2.71. The van der Waals surface area contributed by atoms with Crippen molar-refractivity contribution >= 4 is 11.9 Å². The summed E-state index contributed by atoms with van der Waals surface area (Å²) in [6.45, 7) is 13.7. The quantitative estimate of drug-likeness (QED) is 0.0649. The Kier molecular flexibility index (Phi) is 16.2. The molecule has 8 fully saturated rings. The second kappa shape index (κ2) is 21.0. The fourth-order valence-electron chi connectivity index (χ4n) is 16.2. The number of hydrogen-bond donors (Lipinski definition) is 13. The van der Waals surface area contributed by atoms with Crippen molar-refractivity contribution < 1.29 is 114 Å². The Bertz CT molecular complexity index is 2140. The molecule has 434 valence electrons. The number of carbonyl (C=O) groups is 2. The first-order valence-electron chi connectivity index (χ1n) is 27.2. The third-order valence-corrected chi connectivity index (χ3v) is 21.0. The van der Waals surface area contributed by atoms with Crippen molar-refractivity contribution in [2.75, 3.05) is 19.8 Å². The molecule has 5 aliphatic carbocycles. The average Bonchev–Trinajstić information content (AvgIpc) is 3.43. The molecule has 76 heavy (non-hydrogen) atoms. The number of fused-ring (bicyclic) bond motifs is 7. The zero-order valence-corrected chi connectivity index (χ0v) is 44.4. The van der Waals surface area contributed by atoms with E-state index in [1.807, 2.05) is 0 Å². The van der Waals surface area contributed by atoms with Crippen LogP contribution in [0.25, 0.3) is 0 Å². The maximum absolute atomic E-state index is 14.8. The highest BCUT2D eigenvalue weighted by Crippen LogP contribution is 2.76. The molecule has 0 unspecified atom stereocenters. The van der Waals surface area contributed by atoms with Crippen LogP contribution in [0.5, 0.6) is 0 Å². The average molecular weight is 1090 g/mol. The zero-order valence-electron chi connectivity index (χ0n) is 44.4. The van der Waals surface area contributed by atoms with E-state index in [4.69, 9.17) is 37.9 Å². The van der Waals surface area contributed by atoms with E-state index in [-0.39, 0.29) is 39.4 Å². The molecular formula is C53H84O23. The molecule has 0 amide bonds. The Balaban J connectivity index is 0.970. The summed E-state index contributed by atoms with van der Waals surface area (Å²) in [5.41, 5.74) is -1.36. The normalized spacial score (nSPS) is 52.9. The van der Waals surface area contributed by atoms with Gasteiger partial charge in [-0.2, -0.15) is 0 Å². The molecule has 23 nitrogen and oxygen atoms in total. The van der Waals surface area contributed by atoms with Gasteiger partial charge in [0.15, 0.2) is 25.0 Å². The van der Waals surface area contributed by atoms with Gasteiger partial charge in [0.05, 0.1) is 31.3 Å². The summed E-state index contributed by atoms with van der Waals surface area (Å²) in [6, 6.07) is 0. The molecule has 4 saturated heterocycles. The lowest BCUT2D eigenvalue weighted by atomic mass is 9.33. The number of esters is 1. The molecule has 27 atom stereocenters. The SMILES string of the molecule is CC1(C)CC[C@]2(C(=O)O[C@@H]3O[C@H](CO)[C@@H](O)[C@H](O)[C@H]3O)CC[C@]3(C)C(=CC[C@@H]4[C@@]5(C)CC[C@H](O[C@@H]6O[C@H](C(=O)O)[C@@H](O)[C@H](O)[C@H]6O[C@@H]6O[C@H](CO)[C@@H](O)[C@H](O)[C@H]6O[C@@H]6OC[C@@H](O)[C@H](O)[C@H]6O)C(C)(C)[C@@H]5CC[C@]43C)[C@@H]2C1. The van der Waals surface area contributed by atoms with Crippen LogP contribution in [-0.4, -0.2) is 221 Å². The number of aliphatic hydroxyl groups excluding tert-OH is 12. The van der Waals surface area contributed by atoms with Gasteiger partial charge >= 0.3 is 11.9 Å². The van der Waals surface area contributed by atoms with Crippen LogP contribution in [0.4, 0.5) is 0 Å². The number of carbonyl (C=O) groups excluding carboxylic acids is 1. The van der Waals surface area contributed by atoms with Crippen molar-refractivity contribution in [3.05, 3.63) is 11.6 Å². The monoisotopic (exact) mass is 1090 g/mol. The molecule has 4 heterocycles. The maximum Gasteiger partial charge on any atom is 0.335 e. The molecule has 9 aliphatic rings. The molecule has 9 rings (SSSR count). The third-order valence-electron chi connectivity index (χ3n) is 21.0. The van der Waals surface area contributed by atoms with E-state index in [0.29, 0.717) is 38.5 Å². The van der Waals surface area contributed by atoms with Crippen LogP contribution < -0.4 is 0 Å². The number of aliphatic hydroxyl groups is 12. The number of aliphatic carboxylic acids is 1. The van der Waals surface area contributed by atoms with Crippen LogP contribution in [0.3, 0.4) is 0 Å². The summed E-state index contributed by atoms with van der Waals surface area (Å²) in [4.78, 5) is 27.3. The minimum absolute atomic E-state index is 0.0196. The summed E-state index contributed by atoms with van der Waals surface area (Å²) in [5.74, 6) is -2.16. The predicted octanol–water partition coefficient (Wildman–Crippen LogP) is -1.30. The van der Waals surface area contributed by atoms with E-state index in [1.165, 1.54) is 5.57 Å². The van der Waals surface area contributed by atoms with Crippen molar-refractivity contribution in [1.29, 1.82) is 0 Å². The van der Waals surface area contributed by atoms with Crippen molar-refractivity contribution in [3.63, 3.8) is 0 Å². The fraction of sp³-hybridized carbons (Fsp3) is 0.925. The highest BCUT2D eigenvalue weighted by atomic mass is 16.8. The molecule has 13 N–H and O–H groups in total. The van der Waals surface area contributed by atoms with E-state index < -0.39 is 165 Å². The van der Waals surface area contributed by atoms with E-state index in [0.717, 1.165) is 25.7 Å². The van der Waals surface area contributed by atoms with Gasteiger partial charge in [-0.1, -0.05) is 60.1 Å². The standard InChI is InChI=1S/C53H84O23/c1-48(2)14-16-53(47(68)76-44-38(65)33(60)31(58)25(19-54)70-44)17-15-51(6)22(23(53)18-48)8-9-28-50(5)12-11-29(49(3,4)27(50)10-13-52(28,51)7)72-46-41(36(63)35(62)39(73-46)42(66)67)75-45-40(34(61)32(59)26(20-55)71-45)74-43-37(64)30(57)24(56)21-69-43/h8,23-41,43-46,54-65H,9-21H2,1-7H3,(H,66,67)/t23-,24+,25+,26+,27-,28+,29-,30-,31+,32+,33-,34-,35-,36-,37+,38+,39-,40+,41+,43-,44-,45-,46+,50-,51+,52+,53-/m0/s1. The van der Waals surface area contributed by atoms with Crippen LogP contribution >= 0.6 is 0 Å². The number of allylic oxidation sites excluding steroid dienone is 2. The first-order valence-corrected chi connectivity index (χ1v) is 27.2. The maximum atomic E-state index is 14.8. The van der Waals surface area contributed by atoms with Crippen LogP contribution in [0.1, 0.15) is 113 Å². The van der Waals surface area contributed by atoms with Gasteiger partial charge in [-0.25, -0.2) is 4.79 Å². The Morgan fingerprint density at radius 1 is 0.605 bits per heavy atom. The summed E-state index contributed by atoms with van der Waals surface area (Å²) in [5, 5.41) is 138. The molecule has 0 radical (unpaired) electrons. The molecule has 0 aromatic heterocycles. The highest BCUT2D eigenvalue weighted by molar-refractivity contribution is 5.79. The molecular weight excluding hydrogens is 1000 g/mol. The van der Waals surface area contributed by atoms with Crippen LogP contribution in [-0.2, 0) is 47.5 Å². The first-order chi connectivity index (χ1) is 35.5. The summed E-state index contributed by atoms with van der Waals surface area (Å²) in [7, 11) is 0. The third kappa shape index (κ3) is 9.42. The fourth-order valence-corrected chi connectivity index (χ4v) is 16.2. The van der Waals surface area contributed by atoms with Crippen molar-refractivity contribution in [2.24, 2.45) is 50.2 Å². The number of carboxylic acids is 1. The Morgan fingerprint density at radius 2 is 1.18 bits per heavy atom. The van der Waals surface area contributed by atoms with Crippen LogP contribution in [0.15, 0.2) is 11.6 Å². The number of hydrogen-bond acceptors (Lipinski definition) is 22. The molecule has 0 spiro atoms. The number of carboxylic acid groups (broad SMARTS) is 1. The minimum atomic E-state index is -2.07. The van der Waals surface area contributed by atoms with Gasteiger partial charge in [-0.3, -0.25) is 4.79 Å². The van der Waals surface area contributed by atoms with Crippen molar-refractivity contribution in [1.82, 2.24) is 0 Å². The summed E-state index contributed by atoms with van der Waals surface area (Å²) >= 11 is 0. The largest absolute Gasteiger partial charge is 0.479 e. The lowest BCUT2D eigenvalue weighted by Crippen LogP contribution is -2.68. The van der Waals surface area contributed by atoms with Gasteiger partial charge in [0.1, 0.15) is 85.5 Å².